The highest BCUT2D eigenvalue weighted by atomic mass is 32.2. The van der Waals surface area contributed by atoms with Crippen LogP contribution in [0.2, 0.25) is 0 Å². The Bertz CT molecular complexity index is 792. The lowest BCUT2D eigenvalue weighted by atomic mass is 10.1. The van der Waals surface area contributed by atoms with Gasteiger partial charge in [-0.25, -0.2) is 8.42 Å². The summed E-state index contributed by atoms with van der Waals surface area (Å²) in [5.41, 5.74) is -2.86. The SMILES string of the molecule is O=S(=O)(c1cccc2c1Cc1ccccc1-2)C(F)(F)F. The fourth-order valence-corrected chi connectivity index (χ4v) is 3.52. The molecule has 1 aliphatic rings. The van der Waals surface area contributed by atoms with Crippen molar-refractivity contribution in [2.24, 2.45) is 0 Å². The van der Waals surface area contributed by atoms with Crippen LogP contribution in [0.1, 0.15) is 11.1 Å². The van der Waals surface area contributed by atoms with Gasteiger partial charge < -0.3 is 0 Å². The van der Waals surface area contributed by atoms with Crippen molar-refractivity contribution in [2.45, 2.75) is 16.8 Å². The van der Waals surface area contributed by atoms with Gasteiger partial charge in [-0.3, -0.25) is 0 Å². The lowest BCUT2D eigenvalue weighted by Crippen LogP contribution is -2.24. The molecule has 0 amide bonds. The van der Waals surface area contributed by atoms with Crippen LogP contribution in [0.25, 0.3) is 11.1 Å². The summed E-state index contributed by atoms with van der Waals surface area (Å²) in [7, 11) is -5.32. The van der Waals surface area contributed by atoms with Crippen LogP contribution >= 0.6 is 0 Å². The van der Waals surface area contributed by atoms with E-state index in [2.05, 4.69) is 0 Å². The molecule has 2 nitrogen and oxygen atoms in total. The molecule has 0 saturated carbocycles. The summed E-state index contributed by atoms with van der Waals surface area (Å²) in [4.78, 5) is -0.640. The van der Waals surface area contributed by atoms with Crippen LogP contribution in [0.15, 0.2) is 47.4 Å². The maximum Gasteiger partial charge on any atom is 0.501 e. The van der Waals surface area contributed by atoms with Crippen molar-refractivity contribution < 1.29 is 21.6 Å². The molecule has 3 rings (SSSR count). The zero-order valence-electron chi connectivity index (χ0n) is 10.1. The maximum absolute atomic E-state index is 12.7. The van der Waals surface area contributed by atoms with Gasteiger partial charge in [0.1, 0.15) is 0 Å². The average molecular weight is 298 g/mol. The second kappa shape index (κ2) is 4.09. The number of rotatable bonds is 1. The molecule has 0 unspecified atom stereocenters. The summed E-state index contributed by atoms with van der Waals surface area (Å²) in [6.45, 7) is 0. The summed E-state index contributed by atoms with van der Waals surface area (Å²) in [5, 5.41) is 0. The van der Waals surface area contributed by atoms with E-state index in [4.69, 9.17) is 0 Å². The van der Waals surface area contributed by atoms with Crippen molar-refractivity contribution in [3.05, 3.63) is 53.6 Å². The van der Waals surface area contributed by atoms with E-state index in [9.17, 15) is 21.6 Å². The minimum atomic E-state index is -5.32. The van der Waals surface area contributed by atoms with Crippen LogP contribution < -0.4 is 0 Å². The fraction of sp³-hybridized carbons (Fsp3) is 0.143. The van der Waals surface area contributed by atoms with Gasteiger partial charge in [0, 0.05) is 0 Å². The smallest absolute Gasteiger partial charge is 0.214 e. The van der Waals surface area contributed by atoms with Crippen molar-refractivity contribution in [3.63, 3.8) is 0 Å². The Morgan fingerprint density at radius 2 is 1.55 bits per heavy atom. The number of benzene rings is 2. The van der Waals surface area contributed by atoms with E-state index in [1.54, 1.807) is 30.3 Å². The van der Waals surface area contributed by atoms with Crippen LogP contribution in [-0.2, 0) is 16.3 Å². The van der Waals surface area contributed by atoms with Crippen LogP contribution in [-0.4, -0.2) is 13.9 Å². The molecule has 0 bridgehead atoms. The predicted octanol–water partition coefficient (Wildman–Crippen LogP) is 3.55. The number of hydrogen-bond donors (Lipinski definition) is 0. The first-order valence-electron chi connectivity index (χ1n) is 5.84. The third kappa shape index (κ3) is 1.75. The quantitative estimate of drug-likeness (QED) is 0.688. The summed E-state index contributed by atoms with van der Waals surface area (Å²) < 4.78 is 61.5. The molecule has 104 valence electrons. The van der Waals surface area contributed by atoms with E-state index in [1.807, 2.05) is 0 Å². The number of halogens is 3. The van der Waals surface area contributed by atoms with Crippen molar-refractivity contribution in [1.82, 2.24) is 0 Å². The van der Waals surface area contributed by atoms with E-state index >= 15 is 0 Å². The molecule has 20 heavy (non-hydrogen) atoms. The van der Waals surface area contributed by atoms with E-state index in [0.29, 0.717) is 5.56 Å². The highest BCUT2D eigenvalue weighted by Crippen LogP contribution is 2.42. The van der Waals surface area contributed by atoms with Crippen LogP contribution in [0, 0.1) is 0 Å². The molecule has 0 heterocycles. The molecule has 2 aromatic carbocycles. The van der Waals surface area contributed by atoms with Gasteiger partial charge in [0.15, 0.2) is 0 Å². The first kappa shape index (κ1) is 13.2. The Balaban J connectivity index is 2.26. The van der Waals surface area contributed by atoms with Crippen LogP contribution in [0.4, 0.5) is 13.2 Å². The summed E-state index contributed by atoms with van der Waals surface area (Å²) in [5.74, 6) is 0. The number of alkyl halides is 3. The van der Waals surface area contributed by atoms with Gasteiger partial charge in [0.2, 0.25) is 0 Å². The number of hydrogen-bond acceptors (Lipinski definition) is 2. The molecule has 0 fully saturated rings. The third-order valence-corrected chi connectivity index (χ3v) is 4.97. The lowest BCUT2D eigenvalue weighted by Gasteiger charge is -2.11. The molecule has 0 aromatic heterocycles. The second-order valence-electron chi connectivity index (χ2n) is 4.57. The summed E-state index contributed by atoms with van der Waals surface area (Å²) >= 11 is 0. The van der Waals surface area contributed by atoms with E-state index < -0.39 is 20.2 Å². The van der Waals surface area contributed by atoms with E-state index in [-0.39, 0.29) is 12.0 Å². The minimum absolute atomic E-state index is 0.205. The van der Waals surface area contributed by atoms with Gasteiger partial charge >= 0.3 is 5.51 Å². The summed E-state index contributed by atoms with van der Waals surface area (Å²) in [6, 6.07) is 11.1. The molecular weight excluding hydrogens is 289 g/mol. The molecule has 2 aromatic rings. The Labute approximate surface area is 113 Å². The maximum atomic E-state index is 12.7. The lowest BCUT2D eigenvalue weighted by molar-refractivity contribution is -0.0436. The molecule has 1 aliphatic carbocycles. The Morgan fingerprint density at radius 3 is 2.25 bits per heavy atom. The second-order valence-corrected chi connectivity index (χ2v) is 6.47. The zero-order valence-corrected chi connectivity index (χ0v) is 10.9. The summed E-state index contributed by atoms with van der Waals surface area (Å²) in [6.07, 6.45) is 0.205. The largest absolute Gasteiger partial charge is 0.501 e. The fourth-order valence-electron chi connectivity index (χ4n) is 2.50. The predicted molar refractivity (Wildman–Crippen MR) is 67.9 cm³/mol. The highest BCUT2D eigenvalue weighted by Gasteiger charge is 2.48. The molecule has 0 aliphatic heterocycles. The molecular formula is C14H9F3O2S. The van der Waals surface area contributed by atoms with Gasteiger partial charge in [0.05, 0.1) is 4.90 Å². The normalized spacial score (nSPS) is 13.9. The first-order chi connectivity index (χ1) is 9.32. The average Bonchev–Trinajstić information content (AvgIpc) is 2.75. The molecule has 0 radical (unpaired) electrons. The molecule has 0 N–H and O–H groups in total. The molecule has 0 spiro atoms. The van der Waals surface area contributed by atoms with E-state index in [0.717, 1.165) is 17.2 Å². The Hall–Kier alpha value is -1.82. The number of fused-ring (bicyclic) bond motifs is 3. The van der Waals surface area contributed by atoms with E-state index in [1.165, 1.54) is 6.07 Å². The van der Waals surface area contributed by atoms with Gasteiger partial charge in [-0.1, -0.05) is 36.4 Å². The molecule has 0 saturated heterocycles. The van der Waals surface area contributed by atoms with Crippen LogP contribution in [0.5, 0.6) is 0 Å². The van der Waals surface area contributed by atoms with Gasteiger partial charge in [-0.2, -0.15) is 13.2 Å². The monoisotopic (exact) mass is 298 g/mol. The van der Waals surface area contributed by atoms with Crippen molar-refractivity contribution in [3.8, 4) is 11.1 Å². The van der Waals surface area contributed by atoms with Crippen molar-refractivity contribution >= 4 is 9.84 Å². The first-order valence-corrected chi connectivity index (χ1v) is 7.32. The van der Waals surface area contributed by atoms with Gasteiger partial charge in [-0.15, -0.1) is 0 Å². The number of sulfone groups is 1. The molecule has 6 heteroatoms. The minimum Gasteiger partial charge on any atom is -0.214 e. The van der Waals surface area contributed by atoms with Crippen LogP contribution in [0.3, 0.4) is 0 Å². The van der Waals surface area contributed by atoms with Crippen molar-refractivity contribution in [1.29, 1.82) is 0 Å². The Morgan fingerprint density at radius 1 is 0.900 bits per heavy atom. The van der Waals surface area contributed by atoms with Crippen molar-refractivity contribution in [2.75, 3.05) is 0 Å². The Kier molecular flexibility index (Phi) is 2.69. The molecule has 0 atom stereocenters. The zero-order chi connectivity index (χ0) is 14.5. The standard InChI is InChI=1S/C14H9F3O2S/c15-14(16,17)20(18,19)13-7-3-6-11-10-5-2-1-4-9(10)8-12(11)13/h1-7H,8H2. The topological polar surface area (TPSA) is 34.1 Å². The highest BCUT2D eigenvalue weighted by molar-refractivity contribution is 7.92. The third-order valence-electron chi connectivity index (χ3n) is 3.40. The van der Waals surface area contributed by atoms with Gasteiger partial charge in [0.25, 0.3) is 9.84 Å². The van der Waals surface area contributed by atoms with Gasteiger partial charge in [-0.05, 0) is 34.7 Å².